The summed E-state index contributed by atoms with van der Waals surface area (Å²) in [5.74, 6) is -0.621. The molecule has 0 saturated carbocycles. The van der Waals surface area contributed by atoms with E-state index in [0.29, 0.717) is 22.3 Å². The molecular weight excluding hydrogens is 445 g/mol. The Bertz CT molecular complexity index is 1540. The summed E-state index contributed by atoms with van der Waals surface area (Å²) >= 11 is 0. The van der Waals surface area contributed by atoms with Crippen molar-refractivity contribution >= 4 is 28.0 Å². The van der Waals surface area contributed by atoms with Gasteiger partial charge in [0.2, 0.25) is 0 Å². The lowest BCUT2D eigenvalue weighted by molar-refractivity contribution is -0.142. The lowest BCUT2D eigenvalue weighted by Crippen LogP contribution is -2.16. The van der Waals surface area contributed by atoms with Gasteiger partial charge in [-0.15, -0.1) is 0 Å². The number of aryl methyl sites for hydroxylation is 1. The van der Waals surface area contributed by atoms with E-state index in [2.05, 4.69) is 20.5 Å². The first-order valence-corrected chi connectivity index (χ1v) is 10.6. The van der Waals surface area contributed by atoms with Crippen LogP contribution in [-0.4, -0.2) is 30.3 Å². The highest BCUT2D eigenvalue weighted by molar-refractivity contribution is 6.08. The summed E-state index contributed by atoms with van der Waals surface area (Å²) in [6.07, 6.45) is -2.11. The Morgan fingerprint density at radius 3 is 2.56 bits per heavy atom. The summed E-state index contributed by atoms with van der Waals surface area (Å²) in [5.41, 5.74) is 0.543. The molecule has 0 unspecified atom stereocenters. The molecule has 5 rings (SSSR count). The van der Waals surface area contributed by atoms with Gasteiger partial charge in [-0.25, -0.2) is 9.50 Å². The minimum atomic E-state index is -4.71. The standard InChI is InChI=1S/C24H19F3N6O/c1-3-32-14(2)20(13-28-32)31-23(34)18-12-29-33-21(24(25,26)27)11-19(30-22(18)33)17-10-6-8-15-7-4-5-9-16(15)17/h4-13H,3H2,1-2H3,(H,31,34). The van der Waals surface area contributed by atoms with Crippen LogP contribution < -0.4 is 5.32 Å². The molecular formula is C24H19F3N6O. The Kier molecular flexibility index (Phi) is 5.07. The Balaban J connectivity index is 1.68. The average Bonchev–Trinajstić information content (AvgIpc) is 3.40. The Hall–Kier alpha value is -4.21. The first-order valence-electron chi connectivity index (χ1n) is 10.6. The molecule has 0 aliphatic rings. The van der Waals surface area contributed by atoms with Gasteiger partial charge in [0.15, 0.2) is 11.3 Å². The molecule has 10 heteroatoms. The second-order valence-corrected chi connectivity index (χ2v) is 7.76. The second kappa shape index (κ2) is 7.98. The Morgan fingerprint density at radius 1 is 1.06 bits per heavy atom. The lowest BCUT2D eigenvalue weighted by atomic mass is 10.0. The molecule has 0 fully saturated rings. The van der Waals surface area contributed by atoms with Crippen molar-refractivity contribution in [2.45, 2.75) is 26.6 Å². The molecule has 5 aromatic rings. The molecule has 0 aliphatic heterocycles. The van der Waals surface area contributed by atoms with E-state index in [1.807, 2.05) is 37.3 Å². The first kappa shape index (κ1) is 21.6. The number of aromatic nitrogens is 5. The number of alkyl halides is 3. The fourth-order valence-corrected chi connectivity index (χ4v) is 3.99. The number of nitrogens with zero attached hydrogens (tertiary/aromatic N) is 5. The van der Waals surface area contributed by atoms with Gasteiger partial charge >= 0.3 is 6.18 Å². The van der Waals surface area contributed by atoms with Crippen LogP contribution in [0.15, 0.2) is 60.9 Å². The summed E-state index contributed by atoms with van der Waals surface area (Å²) < 4.78 is 44.3. The third-order valence-corrected chi connectivity index (χ3v) is 5.72. The summed E-state index contributed by atoms with van der Waals surface area (Å²) in [7, 11) is 0. The van der Waals surface area contributed by atoms with E-state index < -0.39 is 17.8 Å². The van der Waals surface area contributed by atoms with Crippen LogP contribution in [0, 0.1) is 6.92 Å². The van der Waals surface area contributed by atoms with Crippen molar-refractivity contribution in [2.75, 3.05) is 5.32 Å². The number of fused-ring (bicyclic) bond motifs is 2. The largest absolute Gasteiger partial charge is 0.433 e. The fraction of sp³-hybridized carbons (Fsp3) is 0.167. The van der Waals surface area contributed by atoms with Crippen molar-refractivity contribution in [3.63, 3.8) is 0 Å². The molecule has 3 aromatic heterocycles. The fourth-order valence-electron chi connectivity index (χ4n) is 3.99. The van der Waals surface area contributed by atoms with Crippen molar-refractivity contribution < 1.29 is 18.0 Å². The van der Waals surface area contributed by atoms with Gasteiger partial charge in [-0.05, 0) is 30.7 Å². The zero-order chi connectivity index (χ0) is 24.0. The van der Waals surface area contributed by atoms with Crippen molar-refractivity contribution in [3.05, 3.63) is 77.9 Å². The second-order valence-electron chi connectivity index (χ2n) is 7.76. The number of carbonyl (C=O) groups is 1. The molecule has 0 aliphatic carbocycles. The number of amides is 1. The molecule has 7 nitrogen and oxygen atoms in total. The number of benzene rings is 2. The van der Waals surface area contributed by atoms with E-state index in [4.69, 9.17) is 0 Å². The molecule has 1 N–H and O–H groups in total. The van der Waals surface area contributed by atoms with E-state index in [1.165, 1.54) is 6.20 Å². The van der Waals surface area contributed by atoms with E-state index in [9.17, 15) is 18.0 Å². The molecule has 0 bridgehead atoms. The first-order chi connectivity index (χ1) is 16.3. The number of hydrogen-bond donors (Lipinski definition) is 1. The van der Waals surface area contributed by atoms with Crippen molar-refractivity contribution in [1.82, 2.24) is 24.4 Å². The van der Waals surface area contributed by atoms with Crippen molar-refractivity contribution in [2.24, 2.45) is 0 Å². The maximum Gasteiger partial charge on any atom is 0.433 e. The minimum absolute atomic E-state index is 0.0729. The third-order valence-electron chi connectivity index (χ3n) is 5.72. The number of nitrogens with one attached hydrogen (secondary N) is 1. The van der Waals surface area contributed by atoms with E-state index in [-0.39, 0.29) is 16.9 Å². The van der Waals surface area contributed by atoms with Gasteiger partial charge in [0, 0.05) is 12.1 Å². The van der Waals surface area contributed by atoms with Gasteiger partial charge in [-0.2, -0.15) is 23.4 Å². The number of carbonyl (C=O) groups excluding carboxylic acids is 1. The lowest BCUT2D eigenvalue weighted by Gasteiger charge is -2.13. The minimum Gasteiger partial charge on any atom is -0.319 e. The highest BCUT2D eigenvalue weighted by Crippen LogP contribution is 2.35. The van der Waals surface area contributed by atoms with Crippen LogP contribution in [0.3, 0.4) is 0 Å². The molecule has 0 radical (unpaired) electrons. The molecule has 172 valence electrons. The summed E-state index contributed by atoms with van der Waals surface area (Å²) in [6, 6.07) is 13.7. The zero-order valence-electron chi connectivity index (χ0n) is 18.3. The molecule has 3 heterocycles. The van der Waals surface area contributed by atoms with Gasteiger partial charge < -0.3 is 5.32 Å². The molecule has 0 spiro atoms. The zero-order valence-corrected chi connectivity index (χ0v) is 18.3. The highest BCUT2D eigenvalue weighted by atomic mass is 19.4. The molecule has 2 aromatic carbocycles. The van der Waals surface area contributed by atoms with E-state index in [0.717, 1.165) is 28.7 Å². The quantitative estimate of drug-likeness (QED) is 0.389. The van der Waals surface area contributed by atoms with Gasteiger partial charge in [0.25, 0.3) is 5.91 Å². The molecule has 1 amide bonds. The Morgan fingerprint density at radius 2 is 1.82 bits per heavy atom. The number of anilines is 1. The number of halogens is 3. The molecule has 0 saturated heterocycles. The summed E-state index contributed by atoms with van der Waals surface area (Å²) in [5, 5.41) is 12.3. The smallest absolute Gasteiger partial charge is 0.319 e. The van der Waals surface area contributed by atoms with Crippen LogP contribution in [0.25, 0.3) is 27.7 Å². The van der Waals surface area contributed by atoms with E-state index in [1.54, 1.807) is 23.7 Å². The van der Waals surface area contributed by atoms with E-state index >= 15 is 0 Å². The van der Waals surface area contributed by atoms with Gasteiger partial charge in [0.05, 0.1) is 29.5 Å². The predicted molar refractivity (Wildman–Crippen MR) is 122 cm³/mol. The monoisotopic (exact) mass is 464 g/mol. The van der Waals surface area contributed by atoms with Crippen molar-refractivity contribution in [1.29, 1.82) is 0 Å². The topological polar surface area (TPSA) is 77.1 Å². The highest BCUT2D eigenvalue weighted by Gasteiger charge is 2.36. The molecule has 34 heavy (non-hydrogen) atoms. The predicted octanol–water partition coefficient (Wildman–Crippen LogP) is 5.35. The summed E-state index contributed by atoms with van der Waals surface area (Å²) in [6.45, 7) is 4.32. The van der Waals surface area contributed by atoms with Crippen LogP contribution in [0.1, 0.15) is 28.7 Å². The van der Waals surface area contributed by atoms with Crippen molar-refractivity contribution in [3.8, 4) is 11.3 Å². The van der Waals surface area contributed by atoms with Gasteiger partial charge in [0.1, 0.15) is 5.56 Å². The van der Waals surface area contributed by atoms with Crippen LogP contribution >= 0.6 is 0 Å². The van der Waals surface area contributed by atoms with Crippen LogP contribution in [0.5, 0.6) is 0 Å². The van der Waals surface area contributed by atoms with Crippen LogP contribution in [0.2, 0.25) is 0 Å². The van der Waals surface area contributed by atoms with Crippen LogP contribution in [-0.2, 0) is 12.7 Å². The van der Waals surface area contributed by atoms with Gasteiger partial charge in [-0.1, -0.05) is 42.5 Å². The third kappa shape index (κ3) is 3.57. The maximum atomic E-state index is 14.0. The normalized spacial score (nSPS) is 11.9. The molecule has 0 atom stereocenters. The maximum absolute atomic E-state index is 14.0. The summed E-state index contributed by atoms with van der Waals surface area (Å²) in [4.78, 5) is 17.5. The average molecular weight is 464 g/mol. The van der Waals surface area contributed by atoms with Crippen LogP contribution in [0.4, 0.5) is 18.9 Å². The Labute approximate surface area is 191 Å². The number of hydrogen-bond acceptors (Lipinski definition) is 4. The SMILES string of the molecule is CCn1ncc(NC(=O)c2cnn3c(C(F)(F)F)cc(-c4cccc5ccccc45)nc23)c1C. The number of rotatable bonds is 4. The van der Waals surface area contributed by atoms with Gasteiger partial charge in [-0.3, -0.25) is 9.48 Å².